The lowest BCUT2D eigenvalue weighted by atomic mass is 9.68. The Morgan fingerprint density at radius 2 is 2.11 bits per heavy atom. The number of aliphatic hydroxyl groups is 1. The first kappa shape index (κ1) is 13.6. The molecule has 1 aliphatic rings. The third kappa shape index (κ3) is 2.08. The first-order valence-electron chi connectivity index (χ1n) is 6.14. The van der Waals surface area contributed by atoms with Crippen LogP contribution in [0, 0.1) is 11.3 Å². The number of hydrogen-bond acceptors (Lipinski definition) is 2. The molecule has 18 heavy (non-hydrogen) atoms. The Hall–Kier alpha value is -0.870. The Kier molecular flexibility index (Phi) is 3.78. The highest BCUT2D eigenvalue weighted by atomic mass is 79.9. The predicted molar refractivity (Wildman–Crippen MR) is 74.2 cm³/mol. The fraction of sp³-hybridized carbons (Fsp3) is 0.500. The van der Waals surface area contributed by atoms with E-state index in [1.54, 1.807) is 0 Å². The van der Waals surface area contributed by atoms with Crippen molar-refractivity contribution in [2.75, 3.05) is 13.2 Å². The van der Waals surface area contributed by atoms with E-state index in [4.69, 9.17) is 0 Å². The van der Waals surface area contributed by atoms with Crippen LogP contribution in [-0.4, -0.2) is 24.2 Å². The molecule has 1 unspecified atom stereocenters. The van der Waals surface area contributed by atoms with Gasteiger partial charge in [-0.3, -0.25) is 4.79 Å². The molecule has 3 nitrogen and oxygen atoms in total. The second kappa shape index (κ2) is 5.02. The summed E-state index contributed by atoms with van der Waals surface area (Å²) in [6.07, 6.45) is 0. The molecule has 1 fully saturated rings. The standard InChI is InChI=1S/C14H18BrNO2/c1-9(10-3-5-12(15)6-4-10)14(2)11(8-17)7-16-13(14)18/h3-6,9,11,17H,7-8H2,1-2H3,(H,16,18)/t9?,11-,14-/m1/s1. The number of rotatable bonds is 3. The van der Waals surface area contributed by atoms with Crippen LogP contribution in [0.15, 0.2) is 28.7 Å². The number of nitrogens with one attached hydrogen (secondary N) is 1. The van der Waals surface area contributed by atoms with Gasteiger partial charge in [-0.25, -0.2) is 0 Å². The molecule has 1 aromatic carbocycles. The monoisotopic (exact) mass is 311 g/mol. The van der Waals surface area contributed by atoms with Crippen molar-refractivity contribution in [3.63, 3.8) is 0 Å². The largest absolute Gasteiger partial charge is 0.396 e. The maximum atomic E-state index is 12.1. The van der Waals surface area contributed by atoms with Crippen LogP contribution in [0.3, 0.4) is 0 Å². The molecule has 4 heteroatoms. The molecule has 98 valence electrons. The van der Waals surface area contributed by atoms with Crippen LogP contribution in [0.5, 0.6) is 0 Å². The van der Waals surface area contributed by atoms with E-state index < -0.39 is 5.41 Å². The van der Waals surface area contributed by atoms with Gasteiger partial charge in [-0.2, -0.15) is 0 Å². The van der Waals surface area contributed by atoms with Crippen LogP contribution in [0.2, 0.25) is 0 Å². The summed E-state index contributed by atoms with van der Waals surface area (Å²) in [5, 5.41) is 12.3. The van der Waals surface area contributed by atoms with Crippen LogP contribution in [-0.2, 0) is 4.79 Å². The normalized spacial score (nSPS) is 29.1. The number of benzene rings is 1. The Bertz CT molecular complexity index is 446. The van der Waals surface area contributed by atoms with Gasteiger partial charge < -0.3 is 10.4 Å². The average Bonchev–Trinajstić information content (AvgIpc) is 2.67. The highest BCUT2D eigenvalue weighted by Crippen LogP contribution is 2.44. The van der Waals surface area contributed by atoms with Gasteiger partial charge in [0.1, 0.15) is 0 Å². The van der Waals surface area contributed by atoms with Crippen molar-refractivity contribution < 1.29 is 9.90 Å². The molecule has 2 rings (SSSR count). The van der Waals surface area contributed by atoms with Gasteiger partial charge >= 0.3 is 0 Å². The molecule has 0 radical (unpaired) electrons. The highest BCUT2D eigenvalue weighted by Gasteiger charge is 2.50. The summed E-state index contributed by atoms with van der Waals surface area (Å²) >= 11 is 3.41. The van der Waals surface area contributed by atoms with Crippen molar-refractivity contribution in [2.24, 2.45) is 11.3 Å². The van der Waals surface area contributed by atoms with E-state index in [1.807, 2.05) is 31.2 Å². The Balaban J connectivity index is 2.33. The molecule has 0 saturated carbocycles. The van der Waals surface area contributed by atoms with Gasteiger partial charge in [0.2, 0.25) is 5.91 Å². The number of hydrogen-bond donors (Lipinski definition) is 2. The van der Waals surface area contributed by atoms with E-state index in [0.29, 0.717) is 6.54 Å². The fourth-order valence-corrected chi connectivity index (χ4v) is 2.97. The highest BCUT2D eigenvalue weighted by molar-refractivity contribution is 9.10. The van der Waals surface area contributed by atoms with E-state index in [-0.39, 0.29) is 24.3 Å². The summed E-state index contributed by atoms with van der Waals surface area (Å²) in [4.78, 5) is 12.1. The maximum absolute atomic E-state index is 12.1. The molecule has 1 aromatic rings. The lowest BCUT2D eigenvalue weighted by Gasteiger charge is -2.34. The average molecular weight is 312 g/mol. The molecule has 1 saturated heterocycles. The Labute approximate surface area is 116 Å². The minimum absolute atomic E-state index is 0.0244. The maximum Gasteiger partial charge on any atom is 0.226 e. The van der Waals surface area contributed by atoms with Gasteiger partial charge in [-0.05, 0) is 30.5 Å². The van der Waals surface area contributed by atoms with Crippen molar-refractivity contribution in [1.29, 1.82) is 0 Å². The first-order valence-corrected chi connectivity index (χ1v) is 6.94. The van der Waals surface area contributed by atoms with E-state index >= 15 is 0 Å². The zero-order valence-electron chi connectivity index (χ0n) is 10.6. The van der Waals surface area contributed by atoms with Gasteiger partial charge in [-0.15, -0.1) is 0 Å². The summed E-state index contributed by atoms with van der Waals surface area (Å²) in [7, 11) is 0. The van der Waals surface area contributed by atoms with E-state index in [0.717, 1.165) is 10.0 Å². The predicted octanol–water partition coefficient (Wildman–Crippen LogP) is 2.30. The van der Waals surface area contributed by atoms with Crippen molar-refractivity contribution in [2.45, 2.75) is 19.8 Å². The molecule has 0 aliphatic carbocycles. The lowest BCUT2D eigenvalue weighted by Crippen LogP contribution is -2.38. The van der Waals surface area contributed by atoms with E-state index in [9.17, 15) is 9.90 Å². The summed E-state index contributed by atoms with van der Waals surface area (Å²) < 4.78 is 1.03. The van der Waals surface area contributed by atoms with E-state index in [2.05, 4.69) is 28.2 Å². The zero-order valence-corrected chi connectivity index (χ0v) is 12.2. The molecule has 1 heterocycles. The number of amides is 1. The summed E-state index contributed by atoms with van der Waals surface area (Å²) in [6.45, 7) is 4.60. The minimum atomic E-state index is -0.539. The zero-order chi connectivity index (χ0) is 13.3. The van der Waals surface area contributed by atoms with Crippen LogP contribution in [0.1, 0.15) is 25.3 Å². The number of halogens is 1. The van der Waals surface area contributed by atoms with Crippen molar-refractivity contribution in [3.05, 3.63) is 34.3 Å². The van der Waals surface area contributed by atoms with Crippen molar-refractivity contribution >= 4 is 21.8 Å². The molecular formula is C14H18BrNO2. The first-order chi connectivity index (χ1) is 8.50. The third-order valence-electron chi connectivity index (χ3n) is 4.34. The van der Waals surface area contributed by atoms with Crippen LogP contribution < -0.4 is 5.32 Å². The van der Waals surface area contributed by atoms with E-state index in [1.165, 1.54) is 0 Å². The molecule has 0 spiro atoms. The summed E-state index contributed by atoms with van der Waals surface area (Å²) in [6, 6.07) is 8.02. The lowest BCUT2D eigenvalue weighted by molar-refractivity contribution is -0.129. The number of aliphatic hydroxyl groups excluding tert-OH is 1. The molecule has 0 aromatic heterocycles. The molecule has 0 bridgehead atoms. The van der Waals surface area contributed by atoms with Crippen molar-refractivity contribution in [1.82, 2.24) is 5.32 Å². The molecule has 2 N–H and O–H groups in total. The second-order valence-corrected chi connectivity index (χ2v) is 6.06. The second-order valence-electron chi connectivity index (χ2n) is 5.15. The minimum Gasteiger partial charge on any atom is -0.396 e. The number of carbonyl (C=O) groups is 1. The van der Waals surface area contributed by atoms with Crippen LogP contribution in [0.4, 0.5) is 0 Å². The van der Waals surface area contributed by atoms with Crippen LogP contribution >= 0.6 is 15.9 Å². The van der Waals surface area contributed by atoms with Gasteiger partial charge in [0.05, 0.1) is 5.41 Å². The van der Waals surface area contributed by atoms with Gasteiger partial charge in [-0.1, -0.05) is 35.0 Å². The van der Waals surface area contributed by atoms with Crippen molar-refractivity contribution in [3.8, 4) is 0 Å². The molecule has 1 amide bonds. The Morgan fingerprint density at radius 3 is 2.67 bits per heavy atom. The number of carbonyl (C=O) groups excluding carboxylic acids is 1. The Morgan fingerprint density at radius 1 is 1.50 bits per heavy atom. The van der Waals surface area contributed by atoms with Gasteiger partial charge in [0.25, 0.3) is 0 Å². The van der Waals surface area contributed by atoms with Gasteiger partial charge in [0.15, 0.2) is 0 Å². The smallest absolute Gasteiger partial charge is 0.226 e. The third-order valence-corrected chi connectivity index (χ3v) is 4.86. The molecule has 3 atom stereocenters. The summed E-state index contributed by atoms with van der Waals surface area (Å²) in [5.41, 5.74) is 0.582. The van der Waals surface area contributed by atoms with Crippen LogP contribution in [0.25, 0.3) is 0 Å². The fourth-order valence-electron chi connectivity index (χ4n) is 2.71. The topological polar surface area (TPSA) is 49.3 Å². The molecule has 1 aliphatic heterocycles. The summed E-state index contributed by atoms with van der Waals surface area (Å²) in [5.74, 6) is 0.0888. The van der Waals surface area contributed by atoms with Gasteiger partial charge in [0, 0.05) is 23.5 Å². The molecular weight excluding hydrogens is 294 g/mol. The quantitative estimate of drug-likeness (QED) is 0.900. The SMILES string of the molecule is CC(c1ccc(Br)cc1)[C@@]1(C)C(=O)NC[C@@H]1CO.